The molecule has 0 atom stereocenters. The molecule has 150 valence electrons. The minimum atomic E-state index is -4.87. The summed E-state index contributed by atoms with van der Waals surface area (Å²) >= 11 is 0. The van der Waals surface area contributed by atoms with E-state index in [9.17, 15) is 13.2 Å². The zero-order chi connectivity index (χ0) is 20.6. The van der Waals surface area contributed by atoms with Gasteiger partial charge in [0.15, 0.2) is 11.3 Å². The Labute approximate surface area is 161 Å². The molecule has 9 nitrogen and oxygen atoms in total. The second-order valence-electron chi connectivity index (χ2n) is 6.13. The van der Waals surface area contributed by atoms with E-state index in [1.807, 2.05) is 6.92 Å². The van der Waals surface area contributed by atoms with Crippen LogP contribution in [0.3, 0.4) is 0 Å². The van der Waals surface area contributed by atoms with E-state index in [0.29, 0.717) is 11.2 Å². The van der Waals surface area contributed by atoms with E-state index in [0.717, 1.165) is 5.56 Å². The number of halogens is 3. The van der Waals surface area contributed by atoms with Crippen molar-refractivity contribution in [2.45, 2.75) is 19.9 Å². The lowest BCUT2D eigenvalue weighted by atomic mass is 10.2. The number of benzene rings is 1. The van der Waals surface area contributed by atoms with Crippen LogP contribution in [0.5, 0.6) is 11.5 Å². The van der Waals surface area contributed by atoms with Gasteiger partial charge in [0.1, 0.15) is 18.2 Å². The summed E-state index contributed by atoms with van der Waals surface area (Å²) in [5, 5.41) is 14.2. The Morgan fingerprint density at radius 2 is 2.00 bits per heavy atom. The van der Waals surface area contributed by atoms with Crippen molar-refractivity contribution in [3.63, 3.8) is 0 Å². The maximum Gasteiger partial charge on any atom is 0.573 e. The van der Waals surface area contributed by atoms with Gasteiger partial charge in [-0.25, -0.2) is 9.67 Å². The number of nitrogens with one attached hydrogen (secondary N) is 1. The molecule has 0 saturated heterocycles. The summed E-state index contributed by atoms with van der Waals surface area (Å²) in [6, 6.07) is 5.74. The fourth-order valence-electron chi connectivity index (χ4n) is 2.67. The van der Waals surface area contributed by atoms with Crippen LogP contribution in [0.25, 0.3) is 16.9 Å². The van der Waals surface area contributed by atoms with Crippen molar-refractivity contribution in [3.8, 4) is 17.2 Å². The predicted molar refractivity (Wildman–Crippen MR) is 95.4 cm³/mol. The maximum atomic E-state index is 12.9. The van der Waals surface area contributed by atoms with Gasteiger partial charge in [-0.1, -0.05) is 0 Å². The van der Waals surface area contributed by atoms with E-state index in [4.69, 9.17) is 10.5 Å². The monoisotopic (exact) mass is 405 g/mol. The van der Waals surface area contributed by atoms with Crippen LogP contribution in [0.1, 0.15) is 11.1 Å². The molecular weight excluding hydrogens is 391 g/mol. The molecule has 0 saturated carbocycles. The van der Waals surface area contributed by atoms with Gasteiger partial charge in [0.2, 0.25) is 5.65 Å². The average molecular weight is 405 g/mol. The number of aromatic nitrogens is 6. The quantitative estimate of drug-likeness (QED) is 0.524. The fourth-order valence-corrected chi connectivity index (χ4v) is 2.67. The Morgan fingerprint density at radius 3 is 2.72 bits per heavy atom. The molecule has 0 aliphatic rings. The second-order valence-corrected chi connectivity index (χ2v) is 6.13. The van der Waals surface area contributed by atoms with Crippen LogP contribution >= 0.6 is 0 Å². The minimum absolute atomic E-state index is 0.137. The first-order chi connectivity index (χ1) is 13.8. The number of aryl methyl sites for hydroxylation is 1. The number of ether oxygens (including phenoxy) is 2. The van der Waals surface area contributed by atoms with Crippen molar-refractivity contribution < 1.29 is 22.6 Å². The van der Waals surface area contributed by atoms with Gasteiger partial charge in [0.05, 0.1) is 11.9 Å². The molecule has 0 amide bonds. The molecule has 1 aromatic carbocycles. The first-order valence-corrected chi connectivity index (χ1v) is 8.28. The molecule has 0 spiro atoms. The van der Waals surface area contributed by atoms with Gasteiger partial charge in [-0.15, -0.1) is 18.3 Å². The molecule has 0 unspecified atom stereocenters. The molecule has 3 N–H and O–H groups in total. The van der Waals surface area contributed by atoms with Crippen LogP contribution in [0, 0.1) is 6.92 Å². The summed E-state index contributed by atoms with van der Waals surface area (Å²) in [6.07, 6.45) is -1.59. The van der Waals surface area contributed by atoms with Crippen LogP contribution < -0.4 is 15.2 Å². The van der Waals surface area contributed by atoms with Crippen molar-refractivity contribution >= 4 is 17.0 Å². The molecular formula is C17H14F3N7O2. The Balaban J connectivity index is 1.65. The average Bonchev–Trinajstić information content (AvgIpc) is 3.27. The van der Waals surface area contributed by atoms with Gasteiger partial charge in [0.25, 0.3) is 0 Å². The van der Waals surface area contributed by atoms with Crippen molar-refractivity contribution in [1.82, 2.24) is 30.2 Å². The molecule has 3 heterocycles. The van der Waals surface area contributed by atoms with Crippen molar-refractivity contribution in [2.24, 2.45) is 0 Å². The van der Waals surface area contributed by atoms with E-state index >= 15 is 0 Å². The predicted octanol–water partition coefficient (Wildman–Crippen LogP) is 2.91. The van der Waals surface area contributed by atoms with Gasteiger partial charge >= 0.3 is 6.36 Å². The second kappa shape index (κ2) is 6.96. The SMILES string of the molecule is Cc1cnn(-c2ccc(COc3cc(N)nc4n[nH]nc34)c(OC(F)(F)F)c2)c1. The van der Waals surface area contributed by atoms with Gasteiger partial charge in [0, 0.05) is 23.9 Å². The number of H-pyrrole nitrogens is 1. The Morgan fingerprint density at radius 1 is 1.17 bits per heavy atom. The van der Waals surface area contributed by atoms with E-state index in [1.54, 1.807) is 18.5 Å². The highest BCUT2D eigenvalue weighted by Crippen LogP contribution is 2.31. The van der Waals surface area contributed by atoms with Crippen molar-refractivity contribution in [2.75, 3.05) is 5.73 Å². The van der Waals surface area contributed by atoms with Crippen molar-refractivity contribution in [1.29, 1.82) is 0 Å². The highest BCUT2D eigenvalue weighted by atomic mass is 19.4. The van der Waals surface area contributed by atoms with Crippen LogP contribution in [0.4, 0.5) is 19.0 Å². The number of aromatic amines is 1. The van der Waals surface area contributed by atoms with E-state index in [-0.39, 0.29) is 29.4 Å². The van der Waals surface area contributed by atoms with Gasteiger partial charge in [-0.2, -0.15) is 15.4 Å². The van der Waals surface area contributed by atoms with Crippen molar-refractivity contribution in [3.05, 3.63) is 47.8 Å². The highest BCUT2D eigenvalue weighted by molar-refractivity contribution is 5.78. The van der Waals surface area contributed by atoms with Crippen LogP contribution in [0.15, 0.2) is 36.7 Å². The summed E-state index contributed by atoms with van der Waals surface area (Å²) < 4.78 is 50.0. The Kier molecular flexibility index (Phi) is 4.45. The number of fused-ring (bicyclic) bond motifs is 1. The third-order valence-electron chi connectivity index (χ3n) is 3.91. The summed E-state index contributed by atoms with van der Waals surface area (Å²) in [7, 11) is 0. The molecule has 3 aromatic heterocycles. The smallest absolute Gasteiger partial charge is 0.486 e. The van der Waals surface area contributed by atoms with Crippen LogP contribution in [-0.4, -0.2) is 36.5 Å². The van der Waals surface area contributed by atoms with Gasteiger partial charge in [-0.3, -0.25) is 0 Å². The molecule has 0 radical (unpaired) electrons. The number of rotatable bonds is 5. The number of pyridine rings is 1. The lowest BCUT2D eigenvalue weighted by Crippen LogP contribution is -2.18. The summed E-state index contributed by atoms with van der Waals surface area (Å²) in [5.74, 6) is -0.0369. The van der Waals surface area contributed by atoms with Gasteiger partial charge < -0.3 is 15.2 Å². The molecule has 4 rings (SSSR count). The standard InChI is InChI=1S/C17H14F3N7O2/c1-9-6-22-27(7-9)11-3-2-10(12(4-11)29-17(18,19)20)8-28-13-5-14(21)23-16-15(13)24-26-25-16/h2-7H,8H2,1H3,(H3,21,23,24,25,26). The topological polar surface area (TPSA) is 117 Å². The molecule has 0 fully saturated rings. The normalized spacial score (nSPS) is 11.7. The number of nitrogens with zero attached hydrogens (tertiary/aromatic N) is 5. The Bertz CT molecular complexity index is 1170. The molecule has 0 aliphatic heterocycles. The summed E-state index contributed by atoms with van der Waals surface area (Å²) in [5.41, 5.74) is 7.68. The number of nitrogens with two attached hydrogens (primary N) is 1. The van der Waals surface area contributed by atoms with E-state index < -0.39 is 12.1 Å². The first-order valence-electron chi connectivity index (χ1n) is 8.28. The summed E-state index contributed by atoms with van der Waals surface area (Å²) in [4.78, 5) is 3.97. The van der Waals surface area contributed by atoms with E-state index in [2.05, 4.69) is 30.2 Å². The number of nitrogen functional groups attached to an aromatic ring is 1. The number of hydrogen-bond acceptors (Lipinski definition) is 7. The fraction of sp³-hybridized carbons (Fsp3) is 0.176. The number of alkyl halides is 3. The molecule has 4 aromatic rings. The van der Waals surface area contributed by atoms with Crippen LogP contribution in [0.2, 0.25) is 0 Å². The number of hydrogen-bond donors (Lipinski definition) is 2. The molecule has 0 bridgehead atoms. The zero-order valence-corrected chi connectivity index (χ0v) is 14.9. The third-order valence-corrected chi connectivity index (χ3v) is 3.91. The molecule has 29 heavy (non-hydrogen) atoms. The Hall–Kier alpha value is -3.83. The minimum Gasteiger partial charge on any atom is -0.486 e. The first kappa shape index (κ1) is 18.5. The number of anilines is 1. The zero-order valence-electron chi connectivity index (χ0n) is 14.9. The largest absolute Gasteiger partial charge is 0.573 e. The maximum absolute atomic E-state index is 12.9. The lowest BCUT2D eigenvalue weighted by Gasteiger charge is -2.15. The highest BCUT2D eigenvalue weighted by Gasteiger charge is 2.32. The van der Waals surface area contributed by atoms with Gasteiger partial charge in [-0.05, 0) is 24.6 Å². The summed E-state index contributed by atoms with van der Waals surface area (Å²) in [6.45, 7) is 1.60. The molecule has 12 heteroatoms. The van der Waals surface area contributed by atoms with Crippen LogP contribution in [-0.2, 0) is 6.61 Å². The van der Waals surface area contributed by atoms with E-state index in [1.165, 1.54) is 22.9 Å². The lowest BCUT2D eigenvalue weighted by molar-refractivity contribution is -0.275. The molecule has 0 aliphatic carbocycles. The third kappa shape index (κ3) is 4.05.